The summed E-state index contributed by atoms with van der Waals surface area (Å²) in [4.78, 5) is 24.6. The number of hydrogen-bond donors (Lipinski definition) is 5. The molecule has 98 valence electrons. The van der Waals surface area contributed by atoms with E-state index in [0.29, 0.717) is 0 Å². The van der Waals surface area contributed by atoms with Gasteiger partial charge in [-0.25, -0.2) is 0 Å². The van der Waals surface area contributed by atoms with E-state index in [2.05, 4.69) is 15.0 Å². The maximum atomic E-state index is 10.6. The predicted molar refractivity (Wildman–Crippen MR) is 64.8 cm³/mol. The molecule has 0 heterocycles. The fourth-order valence-electron chi connectivity index (χ4n) is 0.781. The zero-order valence-electron chi connectivity index (χ0n) is 9.34. The van der Waals surface area contributed by atoms with Crippen molar-refractivity contribution in [2.45, 2.75) is 12.5 Å². The summed E-state index contributed by atoms with van der Waals surface area (Å²) in [6, 6.07) is -0.681. The average molecular weight is 264 g/mol. The highest BCUT2D eigenvalue weighted by Crippen LogP contribution is 1.97. The SMILES string of the molecule is CNC(CSNC(N)=NCCC(=O)O)C(=O)O. The highest BCUT2D eigenvalue weighted by Gasteiger charge is 2.14. The number of nitrogens with one attached hydrogen (secondary N) is 2. The van der Waals surface area contributed by atoms with Crippen molar-refractivity contribution in [2.75, 3.05) is 19.3 Å². The van der Waals surface area contributed by atoms with Crippen LogP contribution in [0, 0.1) is 0 Å². The van der Waals surface area contributed by atoms with Crippen LogP contribution in [-0.4, -0.2) is 53.5 Å². The first kappa shape index (κ1) is 15.5. The fraction of sp³-hybridized carbons (Fsp3) is 0.625. The molecular formula is C8H16N4O4S. The van der Waals surface area contributed by atoms with Gasteiger partial charge < -0.3 is 26.0 Å². The van der Waals surface area contributed by atoms with Gasteiger partial charge >= 0.3 is 11.9 Å². The average Bonchev–Trinajstić information content (AvgIpc) is 2.23. The predicted octanol–water partition coefficient (Wildman–Crippen LogP) is -1.31. The minimum absolute atomic E-state index is 0.0801. The monoisotopic (exact) mass is 264 g/mol. The Kier molecular flexibility index (Phi) is 7.89. The third-order valence-corrected chi connectivity index (χ3v) is 2.53. The van der Waals surface area contributed by atoms with E-state index in [4.69, 9.17) is 15.9 Å². The van der Waals surface area contributed by atoms with E-state index in [-0.39, 0.29) is 24.7 Å². The summed E-state index contributed by atoms with van der Waals surface area (Å²) in [5.74, 6) is -1.56. The minimum atomic E-state index is -0.955. The van der Waals surface area contributed by atoms with Gasteiger partial charge in [-0.3, -0.25) is 14.6 Å². The van der Waals surface area contributed by atoms with E-state index in [1.54, 1.807) is 7.05 Å². The molecule has 6 N–H and O–H groups in total. The number of carboxylic acids is 2. The Labute approximate surface area is 103 Å². The second-order valence-corrected chi connectivity index (χ2v) is 3.83. The lowest BCUT2D eigenvalue weighted by atomic mass is 10.3. The lowest BCUT2D eigenvalue weighted by molar-refractivity contribution is -0.139. The standard InChI is InChI=1S/C8H16N4O4S/c1-10-5(7(15)16)4-17-12-8(9)11-3-2-6(13)14/h5,10H,2-4H2,1H3,(H,13,14)(H,15,16)(H3,9,11,12). The molecule has 1 unspecified atom stereocenters. The van der Waals surface area contributed by atoms with Crippen molar-refractivity contribution in [2.24, 2.45) is 10.7 Å². The Bertz CT molecular complexity index is 297. The van der Waals surface area contributed by atoms with E-state index in [0.717, 1.165) is 11.9 Å². The number of carboxylic acid groups (broad SMARTS) is 2. The first-order chi connectivity index (χ1) is 7.97. The van der Waals surface area contributed by atoms with Gasteiger partial charge in [-0.15, -0.1) is 0 Å². The molecule has 0 spiro atoms. The van der Waals surface area contributed by atoms with E-state index >= 15 is 0 Å². The van der Waals surface area contributed by atoms with Crippen molar-refractivity contribution in [3.05, 3.63) is 0 Å². The molecule has 0 saturated heterocycles. The van der Waals surface area contributed by atoms with Gasteiger partial charge in [-0.05, 0) is 19.0 Å². The molecule has 0 aromatic carbocycles. The zero-order valence-corrected chi connectivity index (χ0v) is 10.2. The molecule has 0 aliphatic rings. The normalized spacial score (nSPS) is 13.1. The summed E-state index contributed by atoms with van der Waals surface area (Å²) >= 11 is 1.08. The first-order valence-electron chi connectivity index (χ1n) is 4.77. The number of nitrogens with zero attached hydrogens (tertiary/aromatic N) is 1. The van der Waals surface area contributed by atoms with Crippen LogP contribution in [0.3, 0.4) is 0 Å². The van der Waals surface area contributed by atoms with Gasteiger partial charge in [-0.2, -0.15) is 0 Å². The molecule has 0 aromatic rings. The first-order valence-corrected chi connectivity index (χ1v) is 5.75. The van der Waals surface area contributed by atoms with Crippen molar-refractivity contribution >= 4 is 29.8 Å². The van der Waals surface area contributed by atoms with Crippen molar-refractivity contribution < 1.29 is 19.8 Å². The quantitative estimate of drug-likeness (QED) is 0.207. The summed E-state index contributed by atoms with van der Waals surface area (Å²) in [5, 5.41) is 19.7. The molecular weight excluding hydrogens is 248 g/mol. The molecule has 0 saturated carbocycles. The molecule has 0 aliphatic carbocycles. The Hall–Kier alpha value is -1.48. The third-order valence-electron chi connectivity index (χ3n) is 1.68. The number of guanidine groups is 1. The van der Waals surface area contributed by atoms with E-state index < -0.39 is 18.0 Å². The molecule has 0 aliphatic heterocycles. The largest absolute Gasteiger partial charge is 0.481 e. The molecule has 0 amide bonds. The molecule has 0 aromatic heterocycles. The van der Waals surface area contributed by atoms with Crippen LogP contribution < -0.4 is 15.8 Å². The van der Waals surface area contributed by atoms with Crippen molar-refractivity contribution in [3.8, 4) is 0 Å². The second kappa shape index (κ2) is 8.65. The molecule has 8 nitrogen and oxygen atoms in total. The summed E-state index contributed by atoms with van der Waals surface area (Å²) in [6.45, 7) is 0.0864. The molecule has 9 heteroatoms. The van der Waals surface area contributed by atoms with Gasteiger partial charge in [0.25, 0.3) is 0 Å². The molecule has 0 radical (unpaired) electrons. The summed E-state index contributed by atoms with van der Waals surface area (Å²) in [6.07, 6.45) is -0.0959. The Morgan fingerprint density at radius 2 is 2.12 bits per heavy atom. The summed E-state index contributed by atoms with van der Waals surface area (Å²) in [5.41, 5.74) is 5.42. The molecule has 1 atom stereocenters. The van der Waals surface area contributed by atoms with Crippen LogP contribution in [0.4, 0.5) is 0 Å². The lowest BCUT2D eigenvalue weighted by Crippen LogP contribution is -2.38. The zero-order chi connectivity index (χ0) is 13.3. The molecule has 0 bridgehead atoms. The van der Waals surface area contributed by atoms with E-state index in [1.165, 1.54) is 0 Å². The van der Waals surface area contributed by atoms with Gasteiger partial charge in [-0.1, -0.05) is 0 Å². The Morgan fingerprint density at radius 3 is 2.59 bits per heavy atom. The third kappa shape index (κ3) is 8.34. The molecule has 17 heavy (non-hydrogen) atoms. The number of carbonyl (C=O) groups is 2. The lowest BCUT2D eigenvalue weighted by Gasteiger charge is -2.10. The Balaban J connectivity index is 3.79. The van der Waals surface area contributed by atoms with Crippen molar-refractivity contribution in [1.29, 1.82) is 0 Å². The van der Waals surface area contributed by atoms with Gasteiger partial charge in [0, 0.05) is 5.75 Å². The number of hydrogen-bond acceptors (Lipinski definition) is 5. The maximum absolute atomic E-state index is 10.6. The smallest absolute Gasteiger partial charge is 0.321 e. The summed E-state index contributed by atoms with van der Waals surface area (Å²) < 4.78 is 2.62. The van der Waals surface area contributed by atoms with Gasteiger partial charge in [0.15, 0.2) is 5.96 Å². The highest BCUT2D eigenvalue weighted by atomic mass is 32.2. The number of aliphatic carboxylic acids is 2. The summed E-state index contributed by atoms with van der Waals surface area (Å²) in [7, 11) is 1.55. The topological polar surface area (TPSA) is 137 Å². The highest BCUT2D eigenvalue weighted by molar-refractivity contribution is 7.98. The number of nitrogens with two attached hydrogens (primary N) is 1. The van der Waals surface area contributed by atoms with Crippen LogP contribution in [0.1, 0.15) is 6.42 Å². The van der Waals surface area contributed by atoms with E-state index in [9.17, 15) is 9.59 Å². The Morgan fingerprint density at radius 1 is 1.47 bits per heavy atom. The van der Waals surface area contributed by atoms with Crippen LogP contribution in [0.15, 0.2) is 4.99 Å². The van der Waals surface area contributed by atoms with Crippen molar-refractivity contribution in [3.63, 3.8) is 0 Å². The van der Waals surface area contributed by atoms with Crippen LogP contribution >= 0.6 is 11.9 Å². The molecule has 0 rings (SSSR count). The van der Waals surface area contributed by atoms with Crippen LogP contribution in [0.2, 0.25) is 0 Å². The van der Waals surface area contributed by atoms with Gasteiger partial charge in [0.05, 0.1) is 13.0 Å². The van der Waals surface area contributed by atoms with Crippen LogP contribution in [0.25, 0.3) is 0 Å². The number of aliphatic imine (C=N–C) groups is 1. The number of likely N-dealkylation sites (N-methyl/N-ethyl adjacent to an activating group) is 1. The maximum Gasteiger partial charge on any atom is 0.321 e. The van der Waals surface area contributed by atoms with Gasteiger partial charge in [0.1, 0.15) is 6.04 Å². The van der Waals surface area contributed by atoms with Gasteiger partial charge in [0.2, 0.25) is 0 Å². The molecule has 0 fully saturated rings. The van der Waals surface area contributed by atoms with Crippen LogP contribution in [-0.2, 0) is 9.59 Å². The number of rotatable bonds is 8. The minimum Gasteiger partial charge on any atom is -0.481 e. The van der Waals surface area contributed by atoms with Crippen LogP contribution in [0.5, 0.6) is 0 Å². The van der Waals surface area contributed by atoms with Crippen molar-refractivity contribution in [1.82, 2.24) is 10.0 Å². The fourth-order valence-corrected chi connectivity index (χ4v) is 1.55. The van der Waals surface area contributed by atoms with E-state index in [1.807, 2.05) is 0 Å². The second-order valence-electron chi connectivity index (χ2n) is 3.00.